The van der Waals surface area contributed by atoms with Gasteiger partial charge in [0.2, 0.25) is 0 Å². The van der Waals surface area contributed by atoms with Gasteiger partial charge < -0.3 is 4.98 Å². The topological polar surface area (TPSA) is 28.7 Å². The summed E-state index contributed by atoms with van der Waals surface area (Å²) in [5, 5.41) is 0. The summed E-state index contributed by atoms with van der Waals surface area (Å²) in [7, 11) is 0. The molecule has 0 saturated heterocycles. The molecule has 0 aliphatic heterocycles. The van der Waals surface area contributed by atoms with Crippen LogP contribution in [0.1, 0.15) is 11.1 Å². The Bertz CT molecular complexity index is 627. The Morgan fingerprint density at radius 2 is 1.76 bits per heavy atom. The number of imidazole rings is 1. The minimum absolute atomic E-state index is 0.916. The molecule has 0 spiro atoms. The lowest BCUT2D eigenvalue weighted by molar-refractivity contribution is 1.33. The van der Waals surface area contributed by atoms with Crippen molar-refractivity contribution < 1.29 is 0 Å². The van der Waals surface area contributed by atoms with Crippen molar-refractivity contribution in [3.63, 3.8) is 0 Å². The molecule has 0 saturated carbocycles. The van der Waals surface area contributed by atoms with E-state index >= 15 is 0 Å². The minimum Gasteiger partial charge on any atom is -0.338 e. The van der Waals surface area contributed by atoms with Crippen LogP contribution in [0.15, 0.2) is 36.4 Å². The lowest BCUT2D eigenvalue weighted by Gasteiger charge is -1.97. The third kappa shape index (κ3) is 1.72. The molecule has 2 nitrogen and oxygen atoms in total. The number of benzene rings is 2. The zero-order chi connectivity index (χ0) is 11.8. The minimum atomic E-state index is 0.916. The van der Waals surface area contributed by atoms with Gasteiger partial charge in [0, 0.05) is 5.56 Å². The fourth-order valence-corrected chi connectivity index (χ4v) is 1.95. The molecule has 0 fully saturated rings. The van der Waals surface area contributed by atoms with Crippen LogP contribution in [0.25, 0.3) is 22.4 Å². The predicted molar refractivity (Wildman–Crippen MR) is 69.8 cm³/mol. The van der Waals surface area contributed by atoms with Crippen molar-refractivity contribution in [2.24, 2.45) is 0 Å². The summed E-state index contributed by atoms with van der Waals surface area (Å²) < 4.78 is 0. The second kappa shape index (κ2) is 3.74. The van der Waals surface area contributed by atoms with Crippen LogP contribution in [-0.4, -0.2) is 9.97 Å². The second-order valence-corrected chi connectivity index (χ2v) is 4.33. The van der Waals surface area contributed by atoms with E-state index in [9.17, 15) is 0 Å². The predicted octanol–water partition coefficient (Wildman–Crippen LogP) is 3.65. The lowest BCUT2D eigenvalue weighted by Crippen LogP contribution is -1.79. The highest BCUT2D eigenvalue weighted by Crippen LogP contribution is 2.22. The van der Waals surface area contributed by atoms with Gasteiger partial charge in [0.25, 0.3) is 0 Å². The molecule has 1 N–H and O–H groups in total. The Morgan fingerprint density at radius 3 is 2.53 bits per heavy atom. The van der Waals surface area contributed by atoms with Crippen molar-refractivity contribution in [1.82, 2.24) is 9.97 Å². The molecule has 1 radical (unpaired) electrons. The van der Waals surface area contributed by atoms with Gasteiger partial charge in [-0.2, -0.15) is 0 Å². The molecule has 3 rings (SSSR count). The van der Waals surface area contributed by atoms with Gasteiger partial charge >= 0.3 is 0 Å². The standard InChI is InChI=1S/C15H13N2/c1-10-8-13-14(9-11(10)2)17-15(16-13)12-6-4-3-5-7-12/h4-9H,1-2H3,(H,16,17). The van der Waals surface area contributed by atoms with Gasteiger partial charge in [0.05, 0.1) is 11.0 Å². The van der Waals surface area contributed by atoms with E-state index in [2.05, 4.69) is 42.0 Å². The second-order valence-electron chi connectivity index (χ2n) is 4.33. The zero-order valence-electron chi connectivity index (χ0n) is 9.91. The van der Waals surface area contributed by atoms with Gasteiger partial charge in [0.15, 0.2) is 0 Å². The molecular weight excluding hydrogens is 208 g/mol. The maximum atomic E-state index is 4.62. The van der Waals surface area contributed by atoms with Crippen LogP contribution in [0.3, 0.4) is 0 Å². The average molecular weight is 221 g/mol. The summed E-state index contributed by atoms with van der Waals surface area (Å²) in [5.41, 5.74) is 5.77. The summed E-state index contributed by atoms with van der Waals surface area (Å²) >= 11 is 0. The normalized spacial score (nSPS) is 10.9. The molecule has 0 amide bonds. The molecule has 2 heteroatoms. The smallest absolute Gasteiger partial charge is 0.138 e. The van der Waals surface area contributed by atoms with E-state index in [0.717, 1.165) is 22.4 Å². The van der Waals surface area contributed by atoms with E-state index in [1.165, 1.54) is 11.1 Å². The molecule has 0 atom stereocenters. The summed E-state index contributed by atoms with van der Waals surface area (Å²) in [5.74, 6) is 0.916. The molecule has 0 aliphatic carbocycles. The quantitative estimate of drug-likeness (QED) is 0.667. The fraction of sp³-hybridized carbons (Fsp3) is 0.133. The first-order valence-electron chi connectivity index (χ1n) is 5.67. The summed E-state index contributed by atoms with van der Waals surface area (Å²) in [6.45, 7) is 4.23. The Morgan fingerprint density at radius 1 is 1.06 bits per heavy atom. The van der Waals surface area contributed by atoms with Crippen LogP contribution < -0.4 is 0 Å². The van der Waals surface area contributed by atoms with Crippen LogP contribution in [-0.2, 0) is 0 Å². The maximum Gasteiger partial charge on any atom is 0.138 e. The molecule has 17 heavy (non-hydrogen) atoms. The fourth-order valence-electron chi connectivity index (χ4n) is 1.95. The Hall–Kier alpha value is -2.09. The van der Waals surface area contributed by atoms with Crippen molar-refractivity contribution in [1.29, 1.82) is 0 Å². The summed E-state index contributed by atoms with van der Waals surface area (Å²) in [6, 6.07) is 15.1. The molecule has 1 heterocycles. The molecule has 3 aromatic rings. The molecule has 1 aromatic heterocycles. The number of hydrogen-bond acceptors (Lipinski definition) is 1. The maximum absolute atomic E-state index is 4.62. The summed E-state index contributed by atoms with van der Waals surface area (Å²) in [6.07, 6.45) is 0. The van der Waals surface area contributed by atoms with Crippen molar-refractivity contribution in [3.05, 3.63) is 53.6 Å². The van der Waals surface area contributed by atoms with E-state index in [0.29, 0.717) is 0 Å². The average Bonchev–Trinajstić information content (AvgIpc) is 2.74. The van der Waals surface area contributed by atoms with Gasteiger partial charge in [-0.05, 0) is 43.2 Å². The van der Waals surface area contributed by atoms with Crippen molar-refractivity contribution in [2.75, 3.05) is 0 Å². The number of fused-ring (bicyclic) bond motifs is 1. The zero-order valence-corrected chi connectivity index (χ0v) is 9.91. The SMILES string of the molecule is Cc1cc2nc(-c3cc[c]cc3)[nH]c2cc1C. The number of hydrogen-bond donors (Lipinski definition) is 1. The Labute approximate surface area is 100 Å². The number of H-pyrrole nitrogens is 1. The molecule has 0 bridgehead atoms. The first kappa shape index (κ1) is 10.1. The Balaban J connectivity index is 2.21. The van der Waals surface area contributed by atoms with Crippen LogP contribution in [0.2, 0.25) is 0 Å². The molecule has 83 valence electrons. The molecule has 2 aromatic carbocycles. The number of nitrogens with one attached hydrogen (secondary N) is 1. The van der Waals surface area contributed by atoms with E-state index in [1.807, 2.05) is 24.3 Å². The highest BCUT2D eigenvalue weighted by atomic mass is 14.9. The molecule has 0 unspecified atom stereocenters. The molecule has 0 aliphatic rings. The monoisotopic (exact) mass is 221 g/mol. The number of aryl methyl sites for hydroxylation is 2. The first-order valence-corrected chi connectivity index (χ1v) is 5.67. The number of aromatic nitrogens is 2. The largest absolute Gasteiger partial charge is 0.338 e. The highest BCUT2D eigenvalue weighted by molar-refractivity contribution is 5.80. The summed E-state index contributed by atoms with van der Waals surface area (Å²) in [4.78, 5) is 7.97. The van der Waals surface area contributed by atoms with Crippen molar-refractivity contribution in [2.45, 2.75) is 13.8 Å². The van der Waals surface area contributed by atoms with E-state index in [4.69, 9.17) is 0 Å². The van der Waals surface area contributed by atoms with Crippen LogP contribution in [0, 0.1) is 19.9 Å². The van der Waals surface area contributed by atoms with Crippen molar-refractivity contribution >= 4 is 11.0 Å². The van der Waals surface area contributed by atoms with Gasteiger partial charge in [-0.1, -0.05) is 24.3 Å². The lowest BCUT2D eigenvalue weighted by atomic mass is 10.1. The van der Waals surface area contributed by atoms with Crippen LogP contribution >= 0.6 is 0 Å². The van der Waals surface area contributed by atoms with E-state index < -0.39 is 0 Å². The van der Waals surface area contributed by atoms with E-state index in [-0.39, 0.29) is 0 Å². The Kier molecular flexibility index (Phi) is 2.22. The van der Waals surface area contributed by atoms with Crippen LogP contribution in [0.5, 0.6) is 0 Å². The van der Waals surface area contributed by atoms with Crippen molar-refractivity contribution in [3.8, 4) is 11.4 Å². The number of nitrogens with zero attached hydrogens (tertiary/aromatic N) is 1. The van der Waals surface area contributed by atoms with Gasteiger partial charge in [0.1, 0.15) is 5.82 Å². The number of aromatic amines is 1. The molecular formula is C15H13N2. The first-order chi connectivity index (χ1) is 8.24. The van der Waals surface area contributed by atoms with Gasteiger partial charge in [-0.25, -0.2) is 4.98 Å². The van der Waals surface area contributed by atoms with E-state index in [1.54, 1.807) is 0 Å². The third-order valence-corrected chi connectivity index (χ3v) is 3.09. The third-order valence-electron chi connectivity index (χ3n) is 3.09. The van der Waals surface area contributed by atoms with Gasteiger partial charge in [-0.15, -0.1) is 0 Å². The van der Waals surface area contributed by atoms with Gasteiger partial charge in [-0.3, -0.25) is 0 Å². The highest BCUT2D eigenvalue weighted by Gasteiger charge is 2.05. The van der Waals surface area contributed by atoms with Crippen LogP contribution in [0.4, 0.5) is 0 Å². The number of rotatable bonds is 1.